The Morgan fingerprint density at radius 1 is 1.13 bits per heavy atom. The molecule has 0 unspecified atom stereocenters. The van der Waals surface area contributed by atoms with E-state index in [2.05, 4.69) is 40.5 Å². The van der Waals surface area contributed by atoms with Crippen molar-refractivity contribution in [3.8, 4) is 11.9 Å². The van der Waals surface area contributed by atoms with Crippen molar-refractivity contribution in [2.75, 3.05) is 0 Å². The minimum atomic E-state index is 0.636. The summed E-state index contributed by atoms with van der Waals surface area (Å²) >= 11 is 0. The van der Waals surface area contributed by atoms with E-state index in [9.17, 15) is 0 Å². The van der Waals surface area contributed by atoms with Crippen LogP contribution in [0.4, 0.5) is 5.69 Å². The van der Waals surface area contributed by atoms with Crippen molar-refractivity contribution in [2.24, 2.45) is 4.99 Å². The zero-order valence-corrected chi connectivity index (χ0v) is 13.1. The van der Waals surface area contributed by atoms with Crippen molar-refractivity contribution >= 4 is 11.9 Å². The maximum atomic E-state index is 8.82. The van der Waals surface area contributed by atoms with E-state index in [1.807, 2.05) is 36.5 Å². The summed E-state index contributed by atoms with van der Waals surface area (Å²) < 4.78 is 2.11. The van der Waals surface area contributed by atoms with Crippen LogP contribution in [0.5, 0.6) is 0 Å². The molecule has 112 valence electrons. The summed E-state index contributed by atoms with van der Waals surface area (Å²) in [5.41, 5.74) is 4.72. The fraction of sp³-hybridized carbons (Fsp3) is 0.105. The molecule has 0 fully saturated rings. The first kappa shape index (κ1) is 14.7. The van der Waals surface area contributed by atoms with E-state index in [1.165, 1.54) is 0 Å². The summed E-state index contributed by atoms with van der Waals surface area (Å²) in [5, 5.41) is 8.82. The summed E-state index contributed by atoms with van der Waals surface area (Å²) in [4.78, 5) is 8.90. The van der Waals surface area contributed by atoms with Crippen LogP contribution in [-0.4, -0.2) is 15.8 Å². The van der Waals surface area contributed by atoms with Crippen molar-refractivity contribution in [1.29, 1.82) is 5.26 Å². The molecule has 2 heterocycles. The molecule has 0 saturated heterocycles. The number of benzene rings is 1. The molecular formula is C19H16N4. The van der Waals surface area contributed by atoms with Crippen molar-refractivity contribution in [3.63, 3.8) is 0 Å². The number of aliphatic imine (C=N–C) groups is 1. The molecule has 0 atom stereocenters. The lowest BCUT2D eigenvalue weighted by Gasteiger charge is -2.07. The average molecular weight is 300 g/mol. The van der Waals surface area contributed by atoms with Crippen LogP contribution in [0, 0.1) is 25.2 Å². The van der Waals surface area contributed by atoms with Gasteiger partial charge in [0.2, 0.25) is 0 Å². The lowest BCUT2D eigenvalue weighted by molar-refractivity contribution is 0.921. The molecule has 0 aliphatic carbocycles. The number of hydrogen-bond donors (Lipinski definition) is 0. The molecule has 3 aromatic rings. The number of rotatable bonds is 3. The van der Waals surface area contributed by atoms with Gasteiger partial charge in [0.05, 0.1) is 17.3 Å². The van der Waals surface area contributed by atoms with E-state index >= 15 is 0 Å². The summed E-state index contributed by atoms with van der Waals surface area (Å²) in [7, 11) is 0. The first-order chi connectivity index (χ1) is 11.2. The van der Waals surface area contributed by atoms with Crippen LogP contribution >= 0.6 is 0 Å². The average Bonchev–Trinajstić information content (AvgIpc) is 2.88. The first-order valence-corrected chi connectivity index (χ1v) is 7.33. The van der Waals surface area contributed by atoms with Crippen LogP contribution in [0.1, 0.15) is 22.5 Å². The van der Waals surface area contributed by atoms with Gasteiger partial charge < -0.3 is 4.57 Å². The predicted molar refractivity (Wildman–Crippen MR) is 91.4 cm³/mol. The standard InChI is InChI=1S/C19H16N4/c1-14-11-17(13-22-18-8-6-16(12-20)7-9-18)15(2)23(14)19-5-3-4-10-21-19/h3-11,13H,1-2H3. The smallest absolute Gasteiger partial charge is 0.136 e. The molecule has 2 aromatic heterocycles. The van der Waals surface area contributed by atoms with Gasteiger partial charge in [-0.1, -0.05) is 6.07 Å². The van der Waals surface area contributed by atoms with E-state index in [0.717, 1.165) is 28.5 Å². The highest BCUT2D eigenvalue weighted by molar-refractivity contribution is 5.84. The Kier molecular flexibility index (Phi) is 4.03. The third-order valence-corrected chi connectivity index (χ3v) is 3.70. The van der Waals surface area contributed by atoms with Crippen molar-refractivity contribution in [2.45, 2.75) is 13.8 Å². The Morgan fingerprint density at radius 2 is 1.91 bits per heavy atom. The molecule has 4 nitrogen and oxygen atoms in total. The second-order valence-electron chi connectivity index (χ2n) is 5.27. The highest BCUT2D eigenvalue weighted by Crippen LogP contribution is 2.19. The normalized spacial score (nSPS) is 10.8. The molecule has 23 heavy (non-hydrogen) atoms. The van der Waals surface area contributed by atoms with Gasteiger partial charge >= 0.3 is 0 Å². The van der Waals surface area contributed by atoms with Crippen LogP contribution in [0.15, 0.2) is 59.7 Å². The maximum Gasteiger partial charge on any atom is 0.136 e. The van der Waals surface area contributed by atoms with E-state index in [4.69, 9.17) is 5.26 Å². The number of hydrogen-bond acceptors (Lipinski definition) is 3. The third-order valence-electron chi connectivity index (χ3n) is 3.70. The van der Waals surface area contributed by atoms with Crippen LogP contribution in [0.2, 0.25) is 0 Å². The number of nitrogens with zero attached hydrogens (tertiary/aromatic N) is 4. The summed E-state index contributed by atoms with van der Waals surface area (Å²) in [6, 6.07) is 17.3. The van der Waals surface area contributed by atoms with Crippen LogP contribution < -0.4 is 0 Å². The second kappa shape index (κ2) is 6.29. The second-order valence-corrected chi connectivity index (χ2v) is 5.27. The van der Waals surface area contributed by atoms with Gasteiger partial charge in [-0.2, -0.15) is 5.26 Å². The first-order valence-electron chi connectivity index (χ1n) is 7.33. The molecular weight excluding hydrogens is 284 g/mol. The topological polar surface area (TPSA) is 54.0 Å². The maximum absolute atomic E-state index is 8.82. The fourth-order valence-corrected chi connectivity index (χ4v) is 2.52. The number of aromatic nitrogens is 2. The fourth-order valence-electron chi connectivity index (χ4n) is 2.52. The molecule has 0 amide bonds. The van der Waals surface area contributed by atoms with Crippen molar-refractivity contribution in [1.82, 2.24) is 9.55 Å². The molecule has 0 bridgehead atoms. The Balaban J connectivity index is 1.92. The minimum absolute atomic E-state index is 0.636. The SMILES string of the molecule is Cc1cc(C=Nc2ccc(C#N)cc2)c(C)n1-c1ccccn1. The Labute approximate surface area is 135 Å². The molecule has 0 aliphatic rings. The summed E-state index contributed by atoms with van der Waals surface area (Å²) in [5.74, 6) is 0.903. The lowest BCUT2D eigenvalue weighted by atomic mass is 10.2. The molecule has 0 saturated carbocycles. The lowest BCUT2D eigenvalue weighted by Crippen LogP contribution is -2.01. The van der Waals surface area contributed by atoms with Gasteiger partial charge in [-0.3, -0.25) is 4.99 Å². The van der Waals surface area contributed by atoms with Crippen LogP contribution in [0.3, 0.4) is 0 Å². The molecule has 0 aliphatic heterocycles. The van der Waals surface area contributed by atoms with Gasteiger partial charge in [0.1, 0.15) is 5.82 Å². The van der Waals surface area contributed by atoms with Crippen molar-refractivity contribution < 1.29 is 0 Å². The van der Waals surface area contributed by atoms with E-state index in [1.54, 1.807) is 18.3 Å². The quantitative estimate of drug-likeness (QED) is 0.683. The highest BCUT2D eigenvalue weighted by Gasteiger charge is 2.09. The van der Waals surface area contributed by atoms with Crippen LogP contribution in [0.25, 0.3) is 5.82 Å². The highest BCUT2D eigenvalue weighted by atomic mass is 15.1. The zero-order valence-electron chi connectivity index (χ0n) is 13.1. The molecule has 0 N–H and O–H groups in total. The monoisotopic (exact) mass is 300 g/mol. The van der Waals surface area contributed by atoms with Gasteiger partial charge in [-0.15, -0.1) is 0 Å². The molecule has 0 spiro atoms. The Hall–Kier alpha value is -3.19. The molecule has 0 radical (unpaired) electrons. The summed E-state index contributed by atoms with van der Waals surface area (Å²) in [6.07, 6.45) is 3.64. The van der Waals surface area contributed by atoms with Gasteiger partial charge in [0, 0.05) is 29.4 Å². The van der Waals surface area contributed by atoms with E-state index < -0.39 is 0 Å². The predicted octanol–water partition coefficient (Wildman–Crippen LogP) is 4.11. The van der Waals surface area contributed by atoms with Gasteiger partial charge in [0.25, 0.3) is 0 Å². The van der Waals surface area contributed by atoms with Gasteiger partial charge in [-0.05, 0) is 56.3 Å². The van der Waals surface area contributed by atoms with Gasteiger partial charge in [0.15, 0.2) is 0 Å². The van der Waals surface area contributed by atoms with E-state index in [-0.39, 0.29) is 0 Å². The summed E-state index contributed by atoms with van der Waals surface area (Å²) in [6.45, 7) is 4.11. The van der Waals surface area contributed by atoms with Crippen LogP contribution in [-0.2, 0) is 0 Å². The Morgan fingerprint density at radius 3 is 2.57 bits per heavy atom. The third kappa shape index (κ3) is 3.04. The molecule has 4 heteroatoms. The number of nitriles is 1. The van der Waals surface area contributed by atoms with Crippen molar-refractivity contribution in [3.05, 3.63) is 77.2 Å². The zero-order chi connectivity index (χ0) is 16.2. The number of aryl methyl sites for hydroxylation is 1. The van der Waals surface area contributed by atoms with E-state index in [0.29, 0.717) is 5.56 Å². The number of pyridine rings is 1. The Bertz CT molecular complexity index is 882. The minimum Gasteiger partial charge on any atom is -0.303 e. The molecule has 3 rings (SSSR count). The molecule has 1 aromatic carbocycles. The largest absolute Gasteiger partial charge is 0.303 e. The van der Waals surface area contributed by atoms with Gasteiger partial charge in [-0.25, -0.2) is 4.98 Å².